The largest absolute Gasteiger partial charge is 0.478 e. The molecule has 70 valence electrons. The van der Waals surface area contributed by atoms with Crippen molar-refractivity contribution >= 4 is 23.3 Å². The molecule has 3 N–H and O–H groups in total. The van der Waals surface area contributed by atoms with E-state index < -0.39 is 33.9 Å². The first-order valence-corrected chi connectivity index (χ1v) is 3.49. The van der Waals surface area contributed by atoms with E-state index in [1.165, 1.54) is 0 Å². The van der Waals surface area contributed by atoms with E-state index in [0.717, 1.165) is 0 Å². The first-order chi connectivity index (χ1) is 5.95. The maximum Gasteiger partial charge on any atom is 0.337 e. The van der Waals surface area contributed by atoms with Crippen LogP contribution in [0.25, 0.3) is 0 Å². The number of hydrogen-bond acceptors (Lipinski definition) is 2. The molecule has 0 radical (unpaired) electrons. The Morgan fingerprint density at radius 2 is 2.08 bits per heavy atom. The SMILES string of the molecule is Nc1c(C(=O)O)cc(F)c(F)c1Cl. The van der Waals surface area contributed by atoms with Crippen molar-refractivity contribution in [3.05, 3.63) is 28.3 Å². The fraction of sp³-hybridized carbons (Fsp3) is 0. The van der Waals surface area contributed by atoms with Crippen LogP contribution in [0.2, 0.25) is 5.02 Å². The van der Waals surface area contributed by atoms with Crippen molar-refractivity contribution in [1.29, 1.82) is 0 Å². The van der Waals surface area contributed by atoms with Crippen LogP contribution < -0.4 is 5.73 Å². The van der Waals surface area contributed by atoms with Gasteiger partial charge in [-0.15, -0.1) is 0 Å². The van der Waals surface area contributed by atoms with Crippen LogP contribution >= 0.6 is 11.6 Å². The second-order valence-electron chi connectivity index (χ2n) is 2.25. The lowest BCUT2D eigenvalue weighted by atomic mass is 10.1. The number of halogens is 3. The van der Waals surface area contributed by atoms with Crippen molar-refractivity contribution in [2.75, 3.05) is 5.73 Å². The van der Waals surface area contributed by atoms with Crippen LogP contribution in [0.15, 0.2) is 6.07 Å². The van der Waals surface area contributed by atoms with E-state index in [9.17, 15) is 13.6 Å². The number of nitrogens with two attached hydrogens (primary N) is 1. The van der Waals surface area contributed by atoms with E-state index in [2.05, 4.69) is 0 Å². The van der Waals surface area contributed by atoms with E-state index >= 15 is 0 Å². The van der Waals surface area contributed by atoms with Gasteiger partial charge in [0.2, 0.25) is 0 Å². The minimum absolute atomic E-state index is 0.479. The molecule has 13 heavy (non-hydrogen) atoms. The van der Waals surface area contributed by atoms with Gasteiger partial charge in [-0.25, -0.2) is 13.6 Å². The lowest BCUT2D eigenvalue weighted by molar-refractivity contribution is 0.0697. The summed E-state index contributed by atoms with van der Waals surface area (Å²) in [4.78, 5) is 10.4. The van der Waals surface area contributed by atoms with Crippen molar-refractivity contribution in [2.24, 2.45) is 0 Å². The van der Waals surface area contributed by atoms with Gasteiger partial charge in [0.05, 0.1) is 11.3 Å². The molecule has 0 saturated heterocycles. The maximum absolute atomic E-state index is 12.7. The Balaban J connectivity index is 3.50. The van der Waals surface area contributed by atoms with Gasteiger partial charge in [0.25, 0.3) is 0 Å². The molecule has 0 aliphatic carbocycles. The van der Waals surface area contributed by atoms with Crippen molar-refractivity contribution < 1.29 is 18.7 Å². The van der Waals surface area contributed by atoms with E-state index in [4.69, 9.17) is 22.4 Å². The highest BCUT2D eigenvalue weighted by Crippen LogP contribution is 2.28. The summed E-state index contributed by atoms with van der Waals surface area (Å²) in [5, 5.41) is 7.77. The fourth-order valence-corrected chi connectivity index (χ4v) is 0.978. The van der Waals surface area contributed by atoms with Crippen LogP contribution in [0.4, 0.5) is 14.5 Å². The molecule has 0 fully saturated rings. The number of benzene rings is 1. The Labute approximate surface area is 76.7 Å². The predicted molar refractivity (Wildman–Crippen MR) is 42.7 cm³/mol. The summed E-state index contributed by atoms with van der Waals surface area (Å²) < 4.78 is 25.3. The molecule has 1 aromatic carbocycles. The van der Waals surface area contributed by atoms with Gasteiger partial charge in [0.15, 0.2) is 11.6 Å². The fourth-order valence-electron chi connectivity index (χ4n) is 0.786. The molecule has 0 aliphatic rings. The summed E-state index contributed by atoms with van der Waals surface area (Å²) in [5.74, 6) is -4.14. The number of carbonyl (C=O) groups is 1. The number of anilines is 1. The molecule has 0 atom stereocenters. The van der Waals surface area contributed by atoms with Crippen LogP contribution in [0.1, 0.15) is 10.4 Å². The summed E-state index contributed by atoms with van der Waals surface area (Å²) in [6, 6.07) is 0.485. The molecule has 0 unspecified atom stereocenters. The minimum Gasteiger partial charge on any atom is -0.478 e. The minimum atomic E-state index is -1.46. The predicted octanol–water partition coefficient (Wildman–Crippen LogP) is 1.90. The third-order valence-electron chi connectivity index (χ3n) is 1.43. The van der Waals surface area contributed by atoms with E-state index in [1.807, 2.05) is 0 Å². The smallest absolute Gasteiger partial charge is 0.337 e. The average molecular weight is 208 g/mol. The summed E-state index contributed by atoms with van der Waals surface area (Å²) in [6.45, 7) is 0. The Morgan fingerprint density at radius 3 is 2.54 bits per heavy atom. The molecule has 0 amide bonds. The number of nitrogen functional groups attached to an aromatic ring is 1. The van der Waals surface area contributed by atoms with Gasteiger partial charge in [-0.1, -0.05) is 11.6 Å². The van der Waals surface area contributed by atoms with Gasteiger partial charge < -0.3 is 10.8 Å². The third-order valence-corrected chi connectivity index (χ3v) is 1.80. The Kier molecular flexibility index (Phi) is 2.38. The summed E-state index contributed by atoms with van der Waals surface area (Å²) in [5.41, 5.74) is 4.10. The standard InChI is InChI=1S/C7H4ClF2NO2/c8-4-5(10)3(9)1-2(6(4)11)7(12)13/h1H,11H2,(H,12,13). The van der Waals surface area contributed by atoms with Crippen molar-refractivity contribution in [3.8, 4) is 0 Å². The molecule has 3 nitrogen and oxygen atoms in total. The van der Waals surface area contributed by atoms with Crippen LogP contribution in [0.5, 0.6) is 0 Å². The van der Waals surface area contributed by atoms with Gasteiger partial charge >= 0.3 is 5.97 Å². The van der Waals surface area contributed by atoms with Gasteiger partial charge in [-0.05, 0) is 6.07 Å². The topological polar surface area (TPSA) is 63.3 Å². The van der Waals surface area contributed by atoms with E-state index in [1.54, 1.807) is 0 Å². The first kappa shape index (κ1) is 9.73. The lowest BCUT2D eigenvalue weighted by Crippen LogP contribution is -2.05. The van der Waals surface area contributed by atoms with Crippen LogP contribution in [-0.2, 0) is 0 Å². The zero-order valence-corrected chi connectivity index (χ0v) is 6.90. The zero-order valence-electron chi connectivity index (χ0n) is 6.14. The molecule has 0 heterocycles. The van der Waals surface area contributed by atoms with Gasteiger partial charge in [0, 0.05) is 0 Å². The Bertz CT molecular complexity index is 381. The van der Waals surface area contributed by atoms with Crippen molar-refractivity contribution in [2.45, 2.75) is 0 Å². The van der Waals surface area contributed by atoms with Gasteiger partial charge in [-0.2, -0.15) is 0 Å². The molecule has 1 rings (SSSR count). The van der Waals surface area contributed by atoms with E-state index in [0.29, 0.717) is 6.07 Å². The highest BCUT2D eigenvalue weighted by Gasteiger charge is 2.18. The zero-order chi connectivity index (χ0) is 10.2. The molecule has 0 bridgehead atoms. The normalized spacial score (nSPS) is 10.1. The monoisotopic (exact) mass is 207 g/mol. The lowest BCUT2D eigenvalue weighted by Gasteiger charge is -2.04. The van der Waals surface area contributed by atoms with Crippen LogP contribution in [-0.4, -0.2) is 11.1 Å². The van der Waals surface area contributed by atoms with Crippen molar-refractivity contribution in [3.63, 3.8) is 0 Å². The second kappa shape index (κ2) is 3.18. The number of carboxylic acids is 1. The maximum atomic E-state index is 12.7. The number of rotatable bonds is 1. The highest BCUT2D eigenvalue weighted by atomic mass is 35.5. The molecule has 0 saturated carbocycles. The number of hydrogen-bond donors (Lipinski definition) is 2. The molecule has 0 spiro atoms. The molecule has 1 aromatic rings. The first-order valence-electron chi connectivity index (χ1n) is 3.11. The van der Waals surface area contributed by atoms with Gasteiger partial charge in [-0.3, -0.25) is 0 Å². The molecule has 0 aliphatic heterocycles. The number of carboxylic acid groups (broad SMARTS) is 1. The van der Waals surface area contributed by atoms with Crippen LogP contribution in [0.3, 0.4) is 0 Å². The Hall–Kier alpha value is -1.36. The average Bonchev–Trinajstić information content (AvgIpc) is 2.07. The van der Waals surface area contributed by atoms with Gasteiger partial charge in [0.1, 0.15) is 5.02 Å². The molecule has 6 heteroatoms. The van der Waals surface area contributed by atoms with Crippen LogP contribution in [0, 0.1) is 11.6 Å². The summed E-state index contributed by atoms with van der Waals surface area (Å²) in [6.07, 6.45) is 0. The van der Waals surface area contributed by atoms with E-state index in [-0.39, 0.29) is 0 Å². The quantitative estimate of drug-likeness (QED) is 0.546. The summed E-state index contributed by atoms with van der Waals surface area (Å²) >= 11 is 5.23. The highest BCUT2D eigenvalue weighted by molar-refractivity contribution is 6.34. The number of aromatic carboxylic acids is 1. The molecular weight excluding hydrogens is 204 g/mol. The summed E-state index contributed by atoms with van der Waals surface area (Å²) in [7, 11) is 0. The Morgan fingerprint density at radius 1 is 1.54 bits per heavy atom. The second-order valence-corrected chi connectivity index (χ2v) is 2.63. The van der Waals surface area contributed by atoms with Crippen molar-refractivity contribution in [1.82, 2.24) is 0 Å². The molecule has 0 aromatic heterocycles. The molecular formula is C7H4ClF2NO2. The third kappa shape index (κ3) is 1.55.